The Hall–Kier alpha value is -3.50. The summed E-state index contributed by atoms with van der Waals surface area (Å²) in [6.45, 7) is 6.05. The first-order valence-electron chi connectivity index (χ1n) is 9.32. The average Bonchev–Trinajstić information content (AvgIpc) is 3.03. The molecule has 0 radical (unpaired) electrons. The number of nitrogens with one attached hydrogen (secondary N) is 1. The Balaban J connectivity index is 1.92. The van der Waals surface area contributed by atoms with Crippen LogP contribution >= 0.6 is 0 Å². The zero-order chi connectivity index (χ0) is 21.3. The lowest BCUT2D eigenvalue weighted by atomic mass is 10.3. The van der Waals surface area contributed by atoms with Gasteiger partial charge < -0.3 is 10.6 Å². The van der Waals surface area contributed by atoms with E-state index in [1.165, 1.54) is 11.6 Å². The fraction of sp³-hybridized carbons (Fsp3) is 0.444. The van der Waals surface area contributed by atoms with Crippen molar-refractivity contribution < 1.29 is 4.79 Å². The smallest absolute Gasteiger partial charge is 0.330 e. The third-order valence-corrected chi connectivity index (χ3v) is 4.63. The van der Waals surface area contributed by atoms with Gasteiger partial charge in [0.15, 0.2) is 11.5 Å². The Morgan fingerprint density at radius 1 is 1.28 bits per heavy atom. The van der Waals surface area contributed by atoms with E-state index in [1.807, 2.05) is 26.8 Å². The number of carbonyl (C=O) groups excluding carboxylic acids is 1. The zero-order valence-electron chi connectivity index (χ0n) is 16.9. The molecule has 0 saturated carbocycles. The first kappa shape index (κ1) is 20.2. The lowest BCUT2D eigenvalue weighted by Gasteiger charge is -2.19. The number of hydrogen-bond acceptors (Lipinski definition) is 7. The van der Waals surface area contributed by atoms with Crippen molar-refractivity contribution in [2.75, 3.05) is 17.7 Å². The van der Waals surface area contributed by atoms with Gasteiger partial charge in [0.1, 0.15) is 5.82 Å². The van der Waals surface area contributed by atoms with E-state index in [9.17, 15) is 14.4 Å². The summed E-state index contributed by atoms with van der Waals surface area (Å²) in [5.74, 6) is 0.197. The molecule has 3 aromatic heterocycles. The molecule has 154 valence electrons. The number of rotatable bonds is 6. The van der Waals surface area contributed by atoms with Crippen LogP contribution < -0.4 is 21.9 Å². The van der Waals surface area contributed by atoms with E-state index in [0.717, 1.165) is 22.7 Å². The van der Waals surface area contributed by atoms with Crippen molar-refractivity contribution in [1.82, 2.24) is 29.1 Å². The molecule has 3 N–H and O–H groups in total. The number of hydrogen-bond donors (Lipinski definition) is 2. The second kappa shape index (κ2) is 7.86. The third kappa shape index (κ3) is 3.89. The predicted octanol–water partition coefficient (Wildman–Crippen LogP) is 0.179. The Labute approximate surface area is 166 Å². The molecule has 0 unspecified atom stereocenters. The van der Waals surface area contributed by atoms with Gasteiger partial charge in [0.2, 0.25) is 5.91 Å². The molecule has 0 aliphatic heterocycles. The highest BCUT2D eigenvalue weighted by Crippen LogP contribution is 2.16. The molecule has 3 heterocycles. The van der Waals surface area contributed by atoms with Crippen molar-refractivity contribution in [2.24, 2.45) is 0 Å². The van der Waals surface area contributed by atoms with Gasteiger partial charge in [-0.25, -0.2) is 14.3 Å². The van der Waals surface area contributed by atoms with Crippen molar-refractivity contribution >= 4 is 23.2 Å². The second-order valence-electron chi connectivity index (χ2n) is 6.91. The van der Waals surface area contributed by atoms with Gasteiger partial charge in [-0.1, -0.05) is 13.3 Å². The first-order valence-corrected chi connectivity index (χ1v) is 9.32. The molecular formula is C18H24N8O3. The summed E-state index contributed by atoms with van der Waals surface area (Å²) in [7, 11) is 1.43. The molecule has 3 rings (SSSR count). The molecule has 0 spiro atoms. The van der Waals surface area contributed by atoms with Crippen LogP contribution in [-0.4, -0.2) is 42.1 Å². The van der Waals surface area contributed by atoms with Crippen LogP contribution in [0.1, 0.15) is 37.0 Å². The summed E-state index contributed by atoms with van der Waals surface area (Å²) in [6.07, 6.45) is 1.41. The molecule has 1 amide bonds. The second-order valence-corrected chi connectivity index (χ2v) is 6.91. The van der Waals surface area contributed by atoms with E-state index in [-0.39, 0.29) is 23.8 Å². The van der Waals surface area contributed by atoms with Gasteiger partial charge in [-0.05, 0) is 26.3 Å². The van der Waals surface area contributed by atoms with Gasteiger partial charge >= 0.3 is 5.69 Å². The van der Waals surface area contributed by atoms with E-state index >= 15 is 0 Å². The van der Waals surface area contributed by atoms with Gasteiger partial charge in [0, 0.05) is 25.0 Å². The normalized spacial score (nSPS) is 11.2. The highest BCUT2D eigenvalue weighted by atomic mass is 16.2. The van der Waals surface area contributed by atoms with Crippen molar-refractivity contribution in [2.45, 2.75) is 46.6 Å². The quantitative estimate of drug-likeness (QED) is 0.600. The lowest BCUT2D eigenvalue weighted by molar-refractivity contribution is -0.117. The first-order chi connectivity index (χ1) is 13.7. The van der Waals surface area contributed by atoms with E-state index < -0.39 is 17.2 Å². The van der Waals surface area contributed by atoms with Gasteiger partial charge in [-0.2, -0.15) is 4.98 Å². The fourth-order valence-corrected chi connectivity index (χ4v) is 3.10. The Bertz CT molecular complexity index is 1190. The summed E-state index contributed by atoms with van der Waals surface area (Å²) in [5.41, 5.74) is 6.32. The Morgan fingerprint density at radius 2 is 2.00 bits per heavy atom. The molecule has 29 heavy (non-hydrogen) atoms. The monoisotopic (exact) mass is 400 g/mol. The highest BCUT2D eigenvalue weighted by molar-refractivity contribution is 5.95. The molecule has 0 aliphatic carbocycles. The number of anilines is 2. The number of carbonyl (C=O) groups is 1. The number of unbranched alkanes of at least 4 members (excludes halogenated alkanes) is 1. The van der Waals surface area contributed by atoms with Gasteiger partial charge in [-0.15, -0.1) is 5.10 Å². The number of likely N-dealkylation sites (N-methyl/N-ethyl adjacent to an activating group) is 1. The van der Waals surface area contributed by atoms with Crippen LogP contribution in [0, 0.1) is 13.8 Å². The average molecular weight is 400 g/mol. The van der Waals surface area contributed by atoms with Crippen LogP contribution in [0.3, 0.4) is 0 Å². The summed E-state index contributed by atoms with van der Waals surface area (Å²) in [5, 5.41) is 4.31. The number of nitrogens with two attached hydrogens (primary N) is 1. The molecule has 0 aliphatic rings. The minimum absolute atomic E-state index is 0.0425. The number of aromatic amines is 1. The van der Waals surface area contributed by atoms with Gasteiger partial charge in [0.05, 0.1) is 6.42 Å². The van der Waals surface area contributed by atoms with Crippen LogP contribution in [0.4, 0.5) is 11.5 Å². The summed E-state index contributed by atoms with van der Waals surface area (Å²) < 4.78 is 2.82. The fourth-order valence-electron chi connectivity index (χ4n) is 3.10. The summed E-state index contributed by atoms with van der Waals surface area (Å²) >= 11 is 0. The number of nitrogens with zero attached hydrogens (tertiary/aromatic N) is 6. The van der Waals surface area contributed by atoms with E-state index in [0.29, 0.717) is 18.7 Å². The third-order valence-electron chi connectivity index (χ3n) is 4.63. The van der Waals surface area contributed by atoms with E-state index in [4.69, 9.17) is 5.73 Å². The zero-order valence-corrected chi connectivity index (χ0v) is 16.9. The molecular weight excluding hydrogens is 376 g/mol. The van der Waals surface area contributed by atoms with Crippen LogP contribution in [0.15, 0.2) is 15.7 Å². The number of aromatic nitrogens is 6. The Morgan fingerprint density at radius 3 is 2.69 bits per heavy atom. The molecule has 11 heteroatoms. The SMILES string of the molecule is CCCCn1c(N)c(N(C)C(=O)Cc2nc3nc(C)cc(C)n3n2)c(=O)[nH]c1=O. The van der Waals surface area contributed by atoms with Gasteiger partial charge in [0.25, 0.3) is 11.3 Å². The maximum absolute atomic E-state index is 12.8. The summed E-state index contributed by atoms with van der Waals surface area (Å²) in [4.78, 5) is 49.1. The number of nitrogen functional groups attached to an aromatic ring is 1. The van der Waals surface area contributed by atoms with Crippen molar-refractivity contribution in [3.63, 3.8) is 0 Å². The van der Waals surface area contributed by atoms with Crippen molar-refractivity contribution in [3.8, 4) is 0 Å². The van der Waals surface area contributed by atoms with Crippen molar-refractivity contribution in [3.05, 3.63) is 44.1 Å². The summed E-state index contributed by atoms with van der Waals surface area (Å²) in [6, 6.07) is 1.86. The van der Waals surface area contributed by atoms with Crippen LogP contribution in [0.25, 0.3) is 5.78 Å². The number of fused-ring (bicyclic) bond motifs is 1. The maximum atomic E-state index is 12.8. The Kier molecular flexibility index (Phi) is 5.48. The predicted molar refractivity (Wildman–Crippen MR) is 108 cm³/mol. The van der Waals surface area contributed by atoms with Crippen LogP contribution in [0.2, 0.25) is 0 Å². The highest BCUT2D eigenvalue weighted by Gasteiger charge is 2.22. The molecule has 0 saturated heterocycles. The van der Waals surface area contributed by atoms with E-state index in [1.54, 1.807) is 4.52 Å². The lowest BCUT2D eigenvalue weighted by Crippen LogP contribution is -2.40. The van der Waals surface area contributed by atoms with Crippen LogP contribution in [0.5, 0.6) is 0 Å². The molecule has 0 bridgehead atoms. The standard InChI is InChI=1S/C18H24N8O3/c1-5-6-7-25-15(19)14(16(28)22-18(25)29)24(4)13(27)9-12-21-17-20-10(2)8-11(3)26(17)23-12/h8H,5-7,9,19H2,1-4H3,(H,22,28,29). The minimum atomic E-state index is -0.716. The van der Waals surface area contributed by atoms with Gasteiger partial charge in [-0.3, -0.25) is 19.1 Å². The molecule has 0 fully saturated rings. The molecule has 11 nitrogen and oxygen atoms in total. The number of amides is 1. The molecule has 0 aromatic carbocycles. The molecule has 3 aromatic rings. The largest absolute Gasteiger partial charge is 0.383 e. The van der Waals surface area contributed by atoms with Crippen LogP contribution in [-0.2, 0) is 17.8 Å². The maximum Gasteiger partial charge on any atom is 0.330 e. The minimum Gasteiger partial charge on any atom is -0.383 e. The molecule has 0 atom stereocenters. The topological polar surface area (TPSA) is 144 Å². The van der Waals surface area contributed by atoms with E-state index in [2.05, 4.69) is 20.1 Å². The van der Waals surface area contributed by atoms with Crippen molar-refractivity contribution in [1.29, 1.82) is 0 Å². The number of aryl methyl sites for hydroxylation is 2. The number of H-pyrrole nitrogens is 1.